The molecular weight excluding hydrogens is 442 g/mol. The maximum absolute atomic E-state index is 12.8. The first-order valence-corrected chi connectivity index (χ1v) is 8.81. The Morgan fingerprint density at radius 3 is 2.52 bits per heavy atom. The second-order valence-corrected chi connectivity index (χ2v) is 7.06. The molecule has 3 aromatic rings. The van der Waals surface area contributed by atoms with Crippen LogP contribution in [0, 0.1) is 3.57 Å². The van der Waals surface area contributed by atoms with E-state index in [0.717, 1.165) is 51.3 Å². The maximum Gasteiger partial charge on any atom is 0.416 e. The van der Waals surface area contributed by atoms with Gasteiger partial charge in [-0.2, -0.15) is 18.3 Å². The summed E-state index contributed by atoms with van der Waals surface area (Å²) in [5.74, 6) is 0.855. The highest BCUT2D eigenvalue weighted by Crippen LogP contribution is 2.36. The van der Waals surface area contributed by atoms with E-state index in [9.17, 15) is 13.2 Å². The Balaban J connectivity index is 1.80. The summed E-state index contributed by atoms with van der Waals surface area (Å²) in [5.41, 5.74) is 2.93. The van der Waals surface area contributed by atoms with Gasteiger partial charge in [0, 0.05) is 21.2 Å². The normalized spacial score (nSPS) is 13.6. The van der Waals surface area contributed by atoms with Gasteiger partial charge in [-0.25, -0.2) is 4.68 Å². The highest BCUT2D eigenvalue weighted by molar-refractivity contribution is 14.1. The Bertz CT molecular complexity index is 930. The largest absolute Gasteiger partial charge is 0.416 e. The summed E-state index contributed by atoms with van der Waals surface area (Å²) in [6.45, 7) is 0.796. The number of benzene rings is 2. The molecule has 2 heterocycles. The first-order chi connectivity index (χ1) is 11.9. The summed E-state index contributed by atoms with van der Waals surface area (Å²) in [6, 6.07) is 13.1. The lowest BCUT2D eigenvalue weighted by Gasteiger charge is -2.09. The third-order valence-electron chi connectivity index (χ3n) is 4.19. The van der Waals surface area contributed by atoms with Crippen LogP contribution in [0.15, 0.2) is 48.5 Å². The zero-order valence-corrected chi connectivity index (χ0v) is 15.1. The van der Waals surface area contributed by atoms with E-state index in [1.807, 2.05) is 18.2 Å². The van der Waals surface area contributed by atoms with Gasteiger partial charge in [0.05, 0.1) is 16.9 Å². The number of halogens is 4. The molecule has 1 aliphatic rings. The van der Waals surface area contributed by atoms with Crippen molar-refractivity contribution in [2.75, 3.05) is 11.9 Å². The SMILES string of the molecule is FC(F)(F)c1ccc(-n2nc(-c3cccc(I)c3)c3c2NCC3)cc1. The molecule has 3 nitrogen and oxygen atoms in total. The van der Waals surface area contributed by atoms with Crippen molar-refractivity contribution in [3.05, 3.63) is 63.2 Å². The standard InChI is InChI=1S/C18H13F3IN3/c19-18(20,21)12-4-6-14(7-5-12)25-17-15(8-9-23-17)16(24-25)11-2-1-3-13(22)10-11/h1-7,10,23H,8-9H2. The van der Waals surface area contributed by atoms with Gasteiger partial charge in [-0.15, -0.1) is 0 Å². The summed E-state index contributed by atoms with van der Waals surface area (Å²) < 4.78 is 41.1. The van der Waals surface area contributed by atoms with Gasteiger partial charge in [-0.05, 0) is 65.4 Å². The Labute approximate surface area is 156 Å². The van der Waals surface area contributed by atoms with Gasteiger partial charge in [0.25, 0.3) is 0 Å². The van der Waals surface area contributed by atoms with Crippen LogP contribution in [0.4, 0.5) is 19.0 Å². The van der Waals surface area contributed by atoms with Gasteiger partial charge in [0.2, 0.25) is 0 Å². The fourth-order valence-corrected chi connectivity index (χ4v) is 3.56. The van der Waals surface area contributed by atoms with Crippen LogP contribution in [0.5, 0.6) is 0 Å². The average molecular weight is 455 g/mol. The molecule has 0 spiro atoms. The lowest BCUT2D eigenvalue weighted by molar-refractivity contribution is -0.137. The van der Waals surface area contributed by atoms with E-state index in [1.54, 1.807) is 4.68 Å². The number of aromatic nitrogens is 2. The van der Waals surface area contributed by atoms with Crippen molar-refractivity contribution in [2.24, 2.45) is 0 Å². The summed E-state index contributed by atoms with van der Waals surface area (Å²) in [4.78, 5) is 0. The van der Waals surface area contributed by atoms with Crippen LogP contribution in [-0.4, -0.2) is 16.3 Å². The minimum atomic E-state index is -4.34. The molecule has 0 bridgehead atoms. The number of hydrogen-bond donors (Lipinski definition) is 1. The van der Waals surface area contributed by atoms with Crippen molar-refractivity contribution >= 4 is 28.4 Å². The summed E-state index contributed by atoms with van der Waals surface area (Å²) in [6.07, 6.45) is -3.49. The van der Waals surface area contributed by atoms with E-state index in [1.165, 1.54) is 12.1 Å². The zero-order chi connectivity index (χ0) is 17.6. The first kappa shape index (κ1) is 16.4. The van der Waals surface area contributed by atoms with Gasteiger partial charge in [-0.3, -0.25) is 0 Å². The van der Waals surface area contributed by atoms with E-state index >= 15 is 0 Å². The smallest absolute Gasteiger partial charge is 0.369 e. The fourth-order valence-electron chi connectivity index (χ4n) is 3.02. The number of alkyl halides is 3. The van der Waals surface area contributed by atoms with E-state index < -0.39 is 11.7 Å². The topological polar surface area (TPSA) is 29.9 Å². The molecule has 0 atom stereocenters. The monoisotopic (exact) mass is 455 g/mol. The fraction of sp³-hybridized carbons (Fsp3) is 0.167. The third-order valence-corrected chi connectivity index (χ3v) is 4.86. The quantitative estimate of drug-likeness (QED) is 0.544. The second-order valence-electron chi connectivity index (χ2n) is 5.82. The predicted molar refractivity (Wildman–Crippen MR) is 98.9 cm³/mol. The molecule has 7 heteroatoms. The molecule has 1 N–H and O–H groups in total. The number of hydrogen-bond acceptors (Lipinski definition) is 2. The molecule has 1 aromatic heterocycles. The molecule has 0 aliphatic carbocycles. The van der Waals surface area contributed by atoms with Gasteiger partial charge in [-0.1, -0.05) is 12.1 Å². The highest BCUT2D eigenvalue weighted by Gasteiger charge is 2.30. The van der Waals surface area contributed by atoms with Crippen molar-refractivity contribution in [1.82, 2.24) is 9.78 Å². The average Bonchev–Trinajstić information content (AvgIpc) is 3.16. The van der Waals surface area contributed by atoms with Crippen molar-refractivity contribution < 1.29 is 13.2 Å². The van der Waals surface area contributed by atoms with Gasteiger partial charge in [0.15, 0.2) is 0 Å². The Hall–Kier alpha value is -2.03. The minimum Gasteiger partial charge on any atom is -0.369 e. The molecule has 0 radical (unpaired) electrons. The Morgan fingerprint density at radius 1 is 1.08 bits per heavy atom. The first-order valence-electron chi connectivity index (χ1n) is 7.73. The van der Waals surface area contributed by atoms with Gasteiger partial charge in [0.1, 0.15) is 5.82 Å². The maximum atomic E-state index is 12.8. The summed E-state index contributed by atoms with van der Waals surface area (Å²) in [7, 11) is 0. The van der Waals surface area contributed by atoms with Crippen molar-refractivity contribution in [1.29, 1.82) is 0 Å². The van der Waals surface area contributed by atoms with Gasteiger partial charge >= 0.3 is 6.18 Å². The number of nitrogens with one attached hydrogen (secondary N) is 1. The minimum absolute atomic E-state index is 0.607. The molecule has 25 heavy (non-hydrogen) atoms. The van der Waals surface area contributed by atoms with Crippen LogP contribution >= 0.6 is 22.6 Å². The van der Waals surface area contributed by atoms with Crippen molar-refractivity contribution in [2.45, 2.75) is 12.6 Å². The van der Waals surface area contributed by atoms with Crippen LogP contribution in [0.2, 0.25) is 0 Å². The zero-order valence-electron chi connectivity index (χ0n) is 12.9. The molecule has 0 unspecified atom stereocenters. The molecule has 0 fully saturated rings. The van der Waals surface area contributed by atoms with Crippen molar-refractivity contribution in [3.63, 3.8) is 0 Å². The Kier molecular flexibility index (Phi) is 3.98. The highest BCUT2D eigenvalue weighted by atomic mass is 127. The van der Waals surface area contributed by atoms with Crippen LogP contribution in [0.3, 0.4) is 0 Å². The van der Waals surface area contributed by atoms with Crippen LogP contribution in [-0.2, 0) is 12.6 Å². The molecule has 0 amide bonds. The number of fused-ring (bicyclic) bond motifs is 1. The molecule has 0 saturated heterocycles. The van der Waals surface area contributed by atoms with E-state index in [0.29, 0.717) is 5.69 Å². The molecular formula is C18H13F3IN3. The molecule has 1 aliphatic heterocycles. The molecule has 2 aromatic carbocycles. The molecule has 4 rings (SSSR count). The van der Waals surface area contributed by atoms with E-state index in [2.05, 4.69) is 39.1 Å². The lowest BCUT2D eigenvalue weighted by atomic mass is 10.1. The van der Waals surface area contributed by atoms with Crippen LogP contribution < -0.4 is 5.32 Å². The summed E-state index contributed by atoms with van der Waals surface area (Å²) in [5, 5.41) is 7.97. The molecule has 0 saturated carbocycles. The Morgan fingerprint density at radius 2 is 1.84 bits per heavy atom. The van der Waals surface area contributed by atoms with Crippen LogP contribution in [0.25, 0.3) is 16.9 Å². The van der Waals surface area contributed by atoms with Gasteiger partial charge < -0.3 is 5.32 Å². The number of nitrogens with zero attached hydrogens (tertiary/aromatic N) is 2. The third kappa shape index (κ3) is 3.01. The van der Waals surface area contributed by atoms with E-state index in [-0.39, 0.29) is 0 Å². The van der Waals surface area contributed by atoms with Crippen LogP contribution in [0.1, 0.15) is 11.1 Å². The van der Waals surface area contributed by atoms with E-state index in [4.69, 9.17) is 0 Å². The van der Waals surface area contributed by atoms with Crippen molar-refractivity contribution in [3.8, 4) is 16.9 Å². The second kappa shape index (κ2) is 6.05. The lowest BCUT2D eigenvalue weighted by Crippen LogP contribution is -2.07. The molecule has 128 valence electrons. The number of rotatable bonds is 2. The predicted octanol–water partition coefficient (Wildman–Crippen LogP) is 5.13. The summed E-state index contributed by atoms with van der Waals surface area (Å²) >= 11 is 2.25. The number of anilines is 1.